The predicted octanol–water partition coefficient (Wildman–Crippen LogP) is 15.5. The molecule has 1 aromatic heterocycles. The molecular weight excluding hydrogens is 685 g/mol. The van der Waals surface area contributed by atoms with Gasteiger partial charge in [0.15, 0.2) is 0 Å². The Hall–Kier alpha value is -6.94. The van der Waals surface area contributed by atoms with Crippen molar-refractivity contribution in [1.82, 2.24) is 0 Å². The Bertz CT molecular complexity index is 2900. The molecule has 10 aromatic rings. The van der Waals surface area contributed by atoms with Crippen LogP contribution in [0.25, 0.3) is 53.2 Å². The molecule has 0 N–H and O–H groups in total. The quantitative estimate of drug-likeness (QED) is 0.154. The number of hydrogen-bond acceptors (Lipinski definition) is 3. The lowest BCUT2D eigenvalue weighted by molar-refractivity contribution is 1.24. The molecule has 55 heavy (non-hydrogen) atoms. The third-order valence-corrected chi connectivity index (χ3v) is 11.6. The van der Waals surface area contributed by atoms with Gasteiger partial charge in [0.25, 0.3) is 0 Å². The number of fused-ring (bicyclic) bond motifs is 5. The zero-order valence-electron chi connectivity index (χ0n) is 30.1. The summed E-state index contributed by atoms with van der Waals surface area (Å²) in [5.41, 5.74) is 11.3. The van der Waals surface area contributed by atoms with Crippen molar-refractivity contribution in [3.8, 4) is 22.3 Å². The van der Waals surface area contributed by atoms with Gasteiger partial charge >= 0.3 is 0 Å². The largest absolute Gasteiger partial charge is 0.308 e. The van der Waals surface area contributed by atoms with E-state index in [-0.39, 0.29) is 0 Å². The van der Waals surface area contributed by atoms with E-state index in [4.69, 9.17) is 0 Å². The maximum absolute atomic E-state index is 2.49. The molecule has 0 saturated carbocycles. The average Bonchev–Trinajstić information content (AvgIpc) is 3.66. The molecule has 0 aliphatic rings. The van der Waals surface area contributed by atoms with Gasteiger partial charge < -0.3 is 9.80 Å². The number of hydrogen-bond donors (Lipinski definition) is 0. The fraction of sp³-hybridized carbons (Fsp3) is 0. The Kier molecular flexibility index (Phi) is 8.40. The van der Waals surface area contributed by atoms with Gasteiger partial charge in [-0.15, -0.1) is 11.3 Å². The summed E-state index contributed by atoms with van der Waals surface area (Å²) >= 11 is 1.88. The highest BCUT2D eigenvalue weighted by atomic mass is 32.1. The van der Waals surface area contributed by atoms with Gasteiger partial charge in [-0.3, -0.25) is 0 Å². The van der Waals surface area contributed by atoms with E-state index >= 15 is 0 Å². The van der Waals surface area contributed by atoms with Crippen molar-refractivity contribution in [2.45, 2.75) is 0 Å². The monoisotopic (exact) mass is 720 g/mol. The lowest BCUT2D eigenvalue weighted by Crippen LogP contribution is -2.17. The van der Waals surface area contributed by atoms with Crippen molar-refractivity contribution in [1.29, 1.82) is 0 Å². The first-order valence-electron chi connectivity index (χ1n) is 18.7. The highest BCUT2D eigenvalue weighted by Crippen LogP contribution is 2.54. The van der Waals surface area contributed by atoms with Crippen LogP contribution in [0.5, 0.6) is 0 Å². The molecule has 0 spiro atoms. The molecule has 0 atom stereocenters. The summed E-state index contributed by atoms with van der Waals surface area (Å²) in [6, 6.07) is 78.8. The molecule has 0 radical (unpaired) electrons. The Morgan fingerprint density at radius 3 is 1.58 bits per heavy atom. The highest BCUT2D eigenvalue weighted by Gasteiger charge is 2.28. The fourth-order valence-corrected chi connectivity index (χ4v) is 9.17. The lowest BCUT2D eigenvalue weighted by atomic mass is 9.99. The predicted molar refractivity (Wildman–Crippen MR) is 237 cm³/mol. The zero-order chi connectivity index (χ0) is 36.6. The third-order valence-electron chi connectivity index (χ3n) is 10.4. The minimum Gasteiger partial charge on any atom is -0.308 e. The molecule has 0 aliphatic heterocycles. The Labute approximate surface area is 325 Å². The van der Waals surface area contributed by atoms with E-state index in [1.807, 2.05) is 11.3 Å². The number of anilines is 6. The standard InChI is InChI=1S/C52H36N2S/c1-5-17-37(18-6-1)38-29-32-43(33-30-38)53(41-22-9-3-10-23-41)48-35-34-46-50-45-27-14-13-21-40(45)31-36-49(50)55-52(46)51(48)54(42-24-11-4-12-25-42)47-28-16-15-26-44(47)39-19-7-2-8-20-39/h1-36H. The van der Waals surface area contributed by atoms with Crippen molar-refractivity contribution < 1.29 is 0 Å². The number of thiophene rings is 1. The van der Waals surface area contributed by atoms with E-state index in [1.165, 1.54) is 53.2 Å². The molecule has 10 rings (SSSR count). The van der Waals surface area contributed by atoms with Crippen molar-refractivity contribution >= 4 is 76.4 Å². The molecule has 3 heteroatoms. The first kappa shape index (κ1) is 32.7. The van der Waals surface area contributed by atoms with Gasteiger partial charge in [-0.1, -0.05) is 164 Å². The molecule has 2 nitrogen and oxygen atoms in total. The van der Waals surface area contributed by atoms with Crippen LogP contribution in [0.1, 0.15) is 0 Å². The summed E-state index contributed by atoms with van der Waals surface area (Å²) in [7, 11) is 0. The minimum absolute atomic E-state index is 1.09. The van der Waals surface area contributed by atoms with Crippen molar-refractivity contribution in [2.75, 3.05) is 9.80 Å². The second-order valence-electron chi connectivity index (χ2n) is 13.7. The van der Waals surface area contributed by atoms with Gasteiger partial charge in [0.1, 0.15) is 0 Å². The summed E-state index contributed by atoms with van der Waals surface area (Å²) in [5.74, 6) is 0. The van der Waals surface area contributed by atoms with Crippen molar-refractivity contribution in [3.05, 3.63) is 218 Å². The fourth-order valence-electron chi connectivity index (χ4n) is 7.92. The molecule has 9 aromatic carbocycles. The first-order valence-corrected chi connectivity index (χ1v) is 19.5. The van der Waals surface area contributed by atoms with Gasteiger partial charge in [-0.25, -0.2) is 0 Å². The highest BCUT2D eigenvalue weighted by molar-refractivity contribution is 7.26. The van der Waals surface area contributed by atoms with Crippen LogP contribution in [0.15, 0.2) is 218 Å². The van der Waals surface area contributed by atoms with Crippen molar-refractivity contribution in [3.63, 3.8) is 0 Å². The molecule has 0 fully saturated rings. The summed E-state index contributed by atoms with van der Waals surface area (Å²) in [4.78, 5) is 4.92. The summed E-state index contributed by atoms with van der Waals surface area (Å²) in [5, 5.41) is 5.08. The van der Waals surface area contributed by atoms with Crippen LogP contribution in [0.4, 0.5) is 34.1 Å². The Balaban J connectivity index is 1.31. The molecular formula is C52H36N2S. The smallest absolute Gasteiger partial charge is 0.0883 e. The Morgan fingerprint density at radius 2 is 0.873 bits per heavy atom. The minimum atomic E-state index is 1.09. The van der Waals surface area contributed by atoms with Crippen LogP contribution in [0.3, 0.4) is 0 Å². The number of para-hydroxylation sites is 3. The van der Waals surface area contributed by atoms with E-state index in [9.17, 15) is 0 Å². The van der Waals surface area contributed by atoms with E-state index in [1.54, 1.807) is 0 Å². The van der Waals surface area contributed by atoms with Crippen LogP contribution in [-0.2, 0) is 0 Å². The maximum atomic E-state index is 2.49. The third kappa shape index (κ3) is 5.92. The van der Waals surface area contributed by atoms with Gasteiger partial charge in [-0.05, 0) is 82.1 Å². The molecule has 260 valence electrons. The van der Waals surface area contributed by atoms with Crippen molar-refractivity contribution in [2.24, 2.45) is 0 Å². The summed E-state index contributed by atoms with van der Waals surface area (Å²) in [6.45, 7) is 0. The lowest BCUT2D eigenvalue weighted by Gasteiger charge is -2.34. The van der Waals surface area contributed by atoms with Gasteiger partial charge in [0.2, 0.25) is 0 Å². The molecule has 0 amide bonds. The second-order valence-corrected chi connectivity index (χ2v) is 14.8. The second kappa shape index (κ2) is 14.1. The van der Waals surface area contributed by atoms with Gasteiger partial charge in [0.05, 0.1) is 21.8 Å². The van der Waals surface area contributed by atoms with Crippen LogP contribution in [0, 0.1) is 0 Å². The topological polar surface area (TPSA) is 6.48 Å². The number of nitrogens with zero attached hydrogens (tertiary/aromatic N) is 2. The van der Waals surface area contributed by atoms with Gasteiger partial charge in [0, 0.05) is 38.1 Å². The normalized spacial score (nSPS) is 11.3. The molecule has 0 aliphatic carbocycles. The first-order chi connectivity index (χ1) is 27.3. The van der Waals surface area contributed by atoms with Gasteiger partial charge in [-0.2, -0.15) is 0 Å². The zero-order valence-corrected chi connectivity index (χ0v) is 30.9. The van der Waals surface area contributed by atoms with Crippen LogP contribution < -0.4 is 9.80 Å². The van der Waals surface area contributed by atoms with E-state index in [2.05, 4.69) is 228 Å². The molecule has 0 saturated heterocycles. The molecule has 1 heterocycles. The number of rotatable bonds is 8. The summed E-state index contributed by atoms with van der Waals surface area (Å²) in [6.07, 6.45) is 0. The van der Waals surface area contributed by atoms with Crippen LogP contribution in [0.2, 0.25) is 0 Å². The number of benzene rings is 9. The maximum Gasteiger partial charge on any atom is 0.0883 e. The van der Waals surface area contributed by atoms with Crippen LogP contribution in [-0.4, -0.2) is 0 Å². The van der Waals surface area contributed by atoms with Crippen LogP contribution >= 0.6 is 11.3 Å². The molecule has 0 unspecified atom stereocenters. The summed E-state index contributed by atoms with van der Waals surface area (Å²) < 4.78 is 2.51. The van der Waals surface area contributed by atoms with E-state index in [0.717, 1.165) is 34.1 Å². The average molecular weight is 721 g/mol. The van der Waals surface area contributed by atoms with E-state index < -0.39 is 0 Å². The SMILES string of the molecule is c1ccc(-c2ccc(N(c3ccccc3)c3ccc4c(sc5ccc6ccccc6c54)c3N(c3ccccc3)c3ccccc3-c3ccccc3)cc2)cc1. The Morgan fingerprint density at radius 1 is 0.327 bits per heavy atom. The molecule has 0 bridgehead atoms. The van der Waals surface area contributed by atoms with E-state index in [0.29, 0.717) is 0 Å².